The maximum atomic E-state index is 6.72. The van der Waals surface area contributed by atoms with E-state index in [2.05, 4.69) is 98.7 Å². The standard InChI is InChI=1S/C33H48O2/c1-22(2)24-15-27(20-28(16-24)32(8)11-12-32)31(6,7)35-21-23(3)25-17-26(30(4,5)34-10)19-29(18-25)33(9)13-14-33/h15-20,22-23H,11-14,21H2,1-10H3. The van der Waals surface area contributed by atoms with Crippen LogP contribution in [-0.2, 0) is 31.5 Å². The summed E-state index contributed by atoms with van der Waals surface area (Å²) in [4.78, 5) is 0. The average Bonchev–Trinajstić information content (AvgIpc) is 3.75. The summed E-state index contributed by atoms with van der Waals surface area (Å²) >= 11 is 0. The zero-order valence-corrected chi connectivity index (χ0v) is 24.0. The van der Waals surface area contributed by atoms with Crippen molar-refractivity contribution in [3.05, 3.63) is 69.8 Å². The van der Waals surface area contributed by atoms with Crippen LogP contribution in [0.1, 0.15) is 133 Å². The highest BCUT2D eigenvalue weighted by Crippen LogP contribution is 2.50. The van der Waals surface area contributed by atoms with E-state index in [1.54, 1.807) is 0 Å². The van der Waals surface area contributed by atoms with Crippen LogP contribution in [0.25, 0.3) is 0 Å². The van der Waals surface area contributed by atoms with Crippen molar-refractivity contribution in [1.29, 1.82) is 0 Å². The van der Waals surface area contributed by atoms with Crippen LogP contribution in [0.15, 0.2) is 36.4 Å². The maximum Gasteiger partial charge on any atom is 0.0875 e. The van der Waals surface area contributed by atoms with Gasteiger partial charge < -0.3 is 9.47 Å². The van der Waals surface area contributed by atoms with Gasteiger partial charge in [-0.2, -0.15) is 0 Å². The number of methoxy groups -OCH3 is 1. The van der Waals surface area contributed by atoms with Crippen LogP contribution in [0, 0.1) is 0 Å². The molecule has 192 valence electrons. The number of benzene rings is 2. The molecule has 0 bridgehead atoms. The van der Waals surface area contributed by atoms with E-state index in [1.165, 1.54) is 59.1 Å². The van der Waals surface area contributed by atoms with Crippen LogP contribution in [-0.4, -0.2) is 13.7 Å². The Hall–Kier alpha value is -1.64. The van der Waals surface area contributed by atoms with Crippen molar-refractivity contribution in [2.45, 2.75) is 122 Å². The molecular formula is C33H48O2. The Morgan fingerprint density at radius 3 is 1.63 bits per heavy atom. The molecule has 2 aromatic carbocycles. The van der Waals surface area contributed by atoms with E-state index in [4.69, 9.17) is 9.47 Å². The molecule has 2 nitrogen and oxygen atoms in total. The van der Waals surface area contributed by atoms with Gasteiger partial charge in [-0.15, -0.1) is 0 Å². The van der Waals surface area contributed by atoms with Crippen LogP contribution in [0.5, 0.6) is 0 Å². The summed E-state index contributed by atoms with van der Waals surface area (Å²) in [5.41, 5.74) is 8.32. The van der Waals surface area contributed by atoms with Gasteiger partial charge in [-0.05, 0) is 104 Å². The van der Waals surface area contributed by atoms with Gasteiger partial charge in [0, 0.05) is 13.0 Å². The highest BCUT2D eigenvalue weighted by molar-refractivity contribution is 5.42. The summed E-state index contributed by atoms with van der Waals surface area (Å²) in [5, 5.41) is 0. The summed E-state index contributed by atoms with van der Waals surface area (Å²) in [7, 11) is 1.81. The Kier molecular flexibility index (Phi) is 6.82. The van der Waals surface area contributed by atoms with E-state index < -0.39 is 0 Å². The van der Waals surface area contributed by atoms with Crippen LogP contribution in [0.4, 0.5) is 0 Å². The Balaban J connectivity index is 1.58. The first kappa shape index (κ1) is 26.4. The molecule has 2 fully saturated rings. The summed E-state index contributed by atoms with van der Waals surface area (Å²) in [5.74, 6) is 0.816. The fraction of sp³-hybridized carbons (Fsp3) is 0.636. The second kappa shape index (κ2) is 9.03. The summed E-state index contributed by atoms with van der Waals surface area (Å²) in [6.07, 6.45) is 5.13. The van der Waals surface area contributed by atoms with E-state index in [0.29, 0.717) is 29.3 Å². The van der Waals surface area contributed by atoms with Crippen LogP contribution in [0.3, 0.4) is 0 Å². The van der Waals surface area contributed by atoms with Crippen molar-refractivity contribution in [3.63, 3.8) is 0 Å². The molecule has 0 N–H and O–H groups in total. The minimum atomic E-state index is -0.339. The number of hydrogen-bond donors (Lipinski definition) is 0. The normalized spacial score (nSPS) is 19.6. The van der Waals surface area contributed by atoms with Gasteiger partial charge in [0.05, 0.1) is 17.8 Å². The van der Waals surface area contributed by atoms with Gasteiger partial charge in [0.15, 0.2) is 0 Å². The lowest BCUT2D eigenvalue weighted by Crippen LogP contribution is -2.25. The first-order chi connectivity index (χ1) is 16.2. The largest absolute Gasteiger partial charge is 0.374 e. The monoisotopic (exact) mass is 476 g/mol. The van der Waals surface area contributed by atoms with Crippen molar-refractivity contribution in [3.8, 4) is 0 Å². The lowest BCUT2D eigenvalue weighted by molar-refractivity contribution is -0.0276. The molecule has 0 amide bonds. The molecule has 2 aliphatic rings. The highest BCUT2D eigenvalue weighted by Gasteiger charge is 2.41. The van der Waals surface area contributed by atoms with E-state index in [-0.39, 0.29) is 11.2 Å². The van der Waals surface area contributed by atoms with Gasteiger partial charge in [0.2, 0.25) is 0 Å². The van der Waals surface area contributed by atoms with Crippen molar-refractivity contribution in [2.24, 2.45) is 0 Å². The number of rotatable bonds is 10. The molecule has 0 spiro atoms. The fourth-order valence-corrected chi connectivity index (χ4v) is 4.90. The van der Waals surface area contributed by atoms with Crippen molar-refractivity contribution < 1.29 is 9.47 Å². The Morgan fingerprint density at radius 1 is 0.714 bits per heavy atom. The van der Waals surface area contributed by atoms with Crippen LogP contribution in [0.2, 0.25) is 0 Å². The third-order valence-electron chi connectivity index (χ3n) is 9.14. The molecule has 2 aromatic rings. The molecule has 2 heteroatoms. The molecule has 2 aliphatic carbocycles. The lowest BCUT2D eigenvalue weighted by atomic mass is 9.85. The average molecular weight is 477 g/mol. The molecule has 2 saturated carbocycles. The van der Waals surface area contributed by atoms with Gasteiger partial charge in [-0.1, -0.05) is 71.0 Å². The summed E-state index contributed by atoms with van der Waals surface area (Å²) in [6.45, 7) is 21.2. The second-order valence-corrected chi connectivity index (χ2v) is 13.4. The minimum absolute atomic E-state index is 0.302. The Morgan fingerprint density at radius 2 is 1.17 bits per heavy atom. The molecule has 0 saturated heterocycles. The van der Waals surface area contributed by atoms with Crippen molar-refractivity contribution in [2.75, 3.05) is 13.7 Å². The summed E-state index contributed by atoms with van der Waals surface area (Å²) in [6, 6.07) is 14.4. The first-order valence-corrected chi connectivity index (χ1v) is 13.7. The van der Waals surface area contributed by atoms with E-state index in [9.17, 15) is 0 Å². The third kappa shape index (κ3) is 5.54. The van der Waals surface area contributed by atoms with Gasteiger partial charge in [-0.25, -0.2) is 0 Å². The van der Waals surface area contributed by atoms with Gasteiger partial charge >= 0.3 is 0 Å². The summed E-state index contributed by atoms with van der Waals surface area (Å²) < 4.78 is 12.6. The second-order valence-electron chi connectivity index (χ2n) is 13.4. The zero-order chi connectivity index (χ0) is 25.8. The van der Waals surface area contributed by atoms with E-state index in [1.807, 2.05) is 7.11 Å². The van der Waals surface area contributed by atoms with Crippen LogP contribution < -0.4 is 0 Å². The number of hydrogen-bond acceptors (Lipinski definition) is 2. The first-order valence-electron chi connectivity index (χ1n) is 13.7. The molecule has 4 rings (SSSR count). The molecule has 0 aliphatic heterocycles. The fourth-order valence-electron chi connectivity index (χ4n) is 4.90. The van der Waals surface area contributed by atoms with Crippen LogP contribution >= 0.6 is 0 Å². The third-order valence-corrected chi connectivity index (χ3v) is 9.14. The predicted octanol–water partition coefficient (Wildman–Crippen LogP) is 8.85. The Labute approximate surface area is 214 Å². The SMILES string of the molecule is COC(C)(C)c1cc(C(C)COC(C)(C)c2cc(C(C)C)cc(C3(C)CC3)c2)cc(C2(C)CC2)c1. The van der Waals surface area contributed by atoms with Gasteiger partial charge in [-0.3, -0.25) is 0 Å². The van der Waals surface area contributed by atoms with Gasteiger partial charge in [0.1, 0.15) is 0 Å². The van der Waals surface area contributed by atoms with E-state index >= 15 is 0 Å². The zero-order valence-electron chi connectivity index (χ0n) is 24.0. The molecule has 1 unspecified atom stereocenters. The maximum absolute atomic E-state index is 6.72. The minimum Gasteiger partial charge on any atom is -0.374 e. The molecule has 0 heterocycles. The molecule has 0 aromatic heterocycles. The Bertz CT molecular complexity index is 1070. The molecule has 0 radical (unpaired) electrons. The predicted molar refractivity (Wildman–Crippen MR) is 148 cm³/mol. The van der Waals surface area contributed by atoms with Gasteiger partial charge in [0.25, 0.3) is 0 Å². The lowest BCUT2D eigenvalue weighted by Gasteiger charge is -2.31. The topological polar surface area (TPSA) is 18.5 Å². The van der Waals surface area contributed by atoms with Crippen molar-refractivity contribution >= 4 is 0 Å². The van der Waals surface area contributed by atoms with Crippen molar-refractivity contribution in [1.82, 2.24) is 0 Å². The smallest absolute Gasteiger partial charge is 0.0875 e. The molecule has 1 atom stereocenters. The highest BCUT2D eigenvalue weighted by atomic mass is 16.5. The van der Waals surface area contributed by atoms with E-state index in [0.717, 1.165) is 0 Å². The quantitative estimate of drug-likeness (QED) is 0.341. The molecule has 35 heavy (non-hydrogen) atoms. The molecular weight excluding hydrogens is 428 g/mol. The number of ether oxygens (including phenoxy) is 2.